The Morgan fingerprint density at radius 3 is 1.81 bits per heavy atom. The highest BCUT2D eigenvalue weighted by Crippen LogP contribution is 2.13. The van der Waals surface area contributed by atoms with Gasteiger partial charge >= 0.3 is 17.9 Å². The number of aliphatic carboxylic acids is 2. The van der Waals surface area contributed by atoms with Crippen molar-refractivity contribution in [3.05, 3.63) is 0 Å². The van der Waals surface area contributed by atoms with Gasteiger partial charge in [0.25, 0.3) is 6.10 Å². The first-order chi connectivity index (χ1) is 7.25. The Balaban J connectivity index is 4.41. The summed E-state index contributed by atoms with van der Waals surface area (Å²) in [7, 11) is 0. The third-order valence-corrected chi connectivity index (χ3v) is 1.91. The van der Waals surface area contributed by atoms with Crippen molar-refractivity contribution in [1.82, 2.24) is 0 Å². The van der Waals surface area contributed by atoms with Gasteiger partial charge in [-0.15, -0.1) is 0 Å². The van der Waals surface area contributed by atoms with Crippen molar-refractivity contribution in [3.8, 4) is 0 Å². The molecular formula is C10H16O6. The number of rotatable bonds is 6. The standard InChI is InChI=1S/C10H16O6/c1-5(2)4-6(3)10(15)16-7(8(11)12)9(13)14/h5-7H,4H2,1-3H3,(H,11,12)(H,13,14). The van der Waals surface area contributed by atoms with Crippen LogP contribution in [0.25, 0.3) is 0 Å². The van der Waals surface area contributed by atoms with Crippen LogP contribution in [0, 0.1) is 11.8 Å². The predicted octanol–water partition coefficient (Wildman–Crippen LogP) is 0.750. The number of hydrogen-bond donors (Lipinski definition) is 2. The average molecular weight is 232 g/mol. The Morgan fingerprint density at radius 2 is 1.50 bits per heavy atom. The Kier molecular flexibility index (Phi) is 5.49. The van der Waals surface area contributed by atoms with Crippen LogP contribution >= 0.6 is 0 Å². The van der Waals surface area contributed by atoms with Gasteiger partial charge in [0, 0.05) is 0 Å². The van der Waals surface area contributed by atoms with E-state index >= 15 is 0 Å². The van der Waals surface area contributed by atoms with Gasteiger partial charge in [-0.2, -0.15) is 0 Å². The van der Waals surface area contributed by atoms with Crippen LogP contribution < -0.4 is 0 Å². The second-order valence-corrected chi connectivity index (χ2v) is 4.02. The smallest absolute Gasteiger partial charge is 0.356 e. The number of ether oxygens (including phenoxy) is 1. The summed E-state index contributed by atoms with van der Waals surface area (Å²) >= 11 is 0. The zero-order valence-electron chi connectivity index (χ0n) is 9.47. The van der Waals surface area contributed by atoms with Crippen LogP contribution in [-0.2, 0) is 19.1 Å². The maximum atomic E-state index is 11.3. The molecule has 0 amide bonds. The molecule has 92 valence electrons. The summed E-state index contributed by atoms with van der Waals surface area (Å²) in [4.78, 5) is 32.3. The number of hydrogen-bond acceptors (Lipinski definition) is 4. The van der Waals surface area contributed by atoms with Crippen molar-refractivity contribution >= 4 is 17.9 Å². The average Bonchev–Trinajstić information content (AvgIpc) is 2.11. The predicted molar refractivity (Wildman–Crippen MR) is 53.8 cm³/mol. The summed E-state index contributed by atoms with van der Waals surface area (Å²) in [5.41, 5.74) is 0. The van der Waals surface area contributed by atoms with E-state index in [9.17, 15) is 14.4 Å². The summed E-state index contributed by atoms with van der Waals surface area (Å²) < 4.78 is 4.40. The maximum absolute atomic E-state index is 11.3. The summed E-state index contributed by atoms with van der Waals surface area (Å²) in [5.74, 6) is -4.43. The number of carbonyl (C=O) groups is 3. The molecule has 0 saturated carbocycles. The molecule has 2 N–H and O–H groups in total. The lowest BCUT2D eigenvalue weighted by Gasteiger charge is -2.15. The van der Waals surface area contributed by atoms with Crippen LogP contribution in [0.2, 0.25) is 0 Å². The fourth-order valence-corrected chi connectivity index (χ4v) is 1.24. The van der Waals surface area contributed by atoms with E-state index in [2.05, 4.69) is 4.74 Å². The van der Waals surface area contributed by atoms with Gasteiger partial charge in [-0.1, -0.05) is 20.8 Å². The number of carbonyl (C=O) groups excluding carboxylic acids is 1. The lowest BCUT2D eigenvalue weighted by Crippen LogP contribution is -2.36. The number of esters is 1. The van der Waals surface area contributed by atoms with Gasteiger partial charge in [-0.25, -0.2) is 9.59 Å². The summed E-state index contributed by atoms with van der Waals surface area (Å²) in [6.07, 6.45) is -1.60. The molecule has 0 bridgehead atoms. The van der Waals surface area contributed by atoms with E-state index in [4.69, 9.17) is 10.2 Å². The van der Waals surface area contributed by atoms with Crippen molar-refractivity contribution in [2.75, 3.05) is 0 Å². The summed E-state index contributed by atoms with van der Waals surface area (Å²) in [6.45, 7) is 5.37. The topological polar surface area (TPSA) is 101 Å². The van der Waals surface area contributed by atoms with Gasteiger partial charge in [0.05, 0.1) is 5.92 Å². The molecule has 16 heavy (non-hydrogen) atoms. The molecule has 0 fully saturated rings. The minimum absolute atomic E-state index is 0.246. The second kappa shape index (κ2) is 6.09. The molecule has 0 radical (unpaired) electrons. The largest absolute Gasteiger partial charge is 0.478 e. The summed E-state index contributed by atoms with van der Waals surface area (Å²) in [5, 5.41) is 17.0. The zero-order chi connectivity index (χ0) is 12.9. The van der Waals surface area contributed by atoms with Crippen molar-refractivity contribution in [2.24, 2.45) is 11.8 Å². The highest BCUT2D eigenvalue weighted by atomic mass is 16.6. The van der Waals surface area contributed by atoms with Crippen LogP contribution in [0.4, 0.5) is 0 Å². The molecule has 6 nitrogen and oxygen atoms in total. The molecule has 0 heterocycles. The van der Waals surface area contributed by atoms with Crippen LogP contribution in [-0.4, -0.2) is 34.2 Å². The van der Waals surface area contributed by atoms with Gasteiger partial charge in [0.15, 0.2) is 0 Å². The highest BCUT2D eigenvalue weighted by Gasteiger charge is 2.31. The molecule has 0 saturated heterocycles. The normalized spacial score (nSPS) is 12.6. The van der Waals surface area contributed by atoms with Gasteiger partial charge in [-0.3, -0.25) is 4.79 Å². The zero-order valence-corrected chi connectivity index (χ0v) is 9.47. The van der Waals surface area contributed by atoms with E-state index in [1.54, 1.807) is 6.92 Å². The molecule has 0 aliphatic carbocycles. The fourth-order valence-electron chi connectivity index (χ4n) is 1.24. The number of carboxylic acids is 2. The van der Waals surface area contributed by atoms with Crippen LogP contribution in [0.3, 0.4) is 0 Å². The Hall–Kier alpha value is -1.59. The molecule has 0 aromatic rings. The third kappa shape index (κ3) is 4.77. The lowest BCUT2D eigenvalue weighted by atomic mass is 9.99. The Bertz CT molecular complexity index is 269. The molecule has 0 aliphatic rings. The van der Waals surface area contributed by atoms with E-state index in [-0.39, 0.29) is 5.92 Å². The Labute approximate surface area is 93.2 Å². The summed E-state index contributed by atoms with van der Waals surface area (Å²) in [6, 6.07) is 0. The van der Waals surface area contributed by atoms with Crippen molar-refractivity contribution in [2.45, 2.75) is 33.3 Å². The maximum Gasteiger partial charge on any atom is 0.356 e. The van der Waals surface area contributed by atoms with Gasteiger partial charge in [-0.05, 0) is 12.3 Å². The minimum Gasteiger partial charge on any atom is -0.478 e. The first kappa shape index (κ1) is 14.4. The van der Waals surface area contributed by atoms with Gasteiger partial charge < -0.3 is 14.9 Å². The minimum atomic E-state index is -2.12. The highest BCUT2D eigenvalue weighted by molar-refractivity contribution is 5.98. The molecule has 0 aromatic carbocycles. The lowest BCUT2D eigenvalue weighted by molar-refractivity contribution is -0.176. The molecule has 0 aromatic heterocycles. The SMILES string of the molecule is CC(C)CC(C)C(=O)OC(C(=O)O)C(=O)O. The molecular weight excluding hydrogens is 216 g/mol. The third-order valence-electron chi connectivity index (χ3n) is 1.91. The first-order valence-corrected chi connectivity index (χ1v) is 4.91. The first-order valence-electron chi connectivity index (χ1n) is 4.91. The molecule has 0 spiro atoms. The van der Waals surface area contributed by atoms with Crippen molar-refractivity contribution in [1.29, 1.82) is 0 Å². The van der Waals surface area contributed by atoms with E-state index in [1.165, 1.54) is 0 Å². The second-order valence-electron chi connectivity index (χ2n) is 4.02. The van der Waals surface area contributed by atoms with Crippen molar-refractivity contribution < 1.29 is 29.3 Å². The Morgan fingerprint density at radius 1 is 1.06 bits per heavy atom. The van der Waals surface area contributed by atoms with Crippen molar-refractivity contribution in [3.63, 3.8) is 0 Å². The quantitative estimate of drug-likeness (QED) is 0.517. The fraction of sp³-hybridized carbons (Fsp3) is 0.700. The van der Waals surface area contributed by atoms with Crippen LogP contribution in [0.5, 0.6) is 0 Å². The van der Waals surface area contributed by atoms with E-state index in [0.29, 0.717) is 6.42 Å². The monoisotopic (exact) mass is 232 g/mol. The van der Waals surface area contributed by atoms with Crippen LogP contribution in [0.15, 0.2) is 0 Å². The van der Waals surface area contributed by atoms with E-state index in [1.807, 2.05) is 13.8 Å². The van der Waals surface area contributed by atoms with Crippen LogP contribution in [0.1, 0.15) is 27.2 Å². The molecule has 1 atom stereocenters. The van der Waals surface area contributed by atoms with E-state index in [0.717, 1.165) is 0 Å². The molecule has 1 unspecified atom stereocenters. The molecule has 0 rings (SSSR count). The molecule has 0 aliphatic heterocycles. The molecule has 6 heteroatoms. The van der Waals surface area contributed by atoms with E-state index < -0.39 is 29.9 Å². The number of carboxylic acid groups (broad SMARTS) is 2. The van der Waals surface area contributed by atoms with Gasteiger partial charge in [0.1, 0.15) is 0 Å². The van der Waals surface area contributed by atoms with Gasteiger partial charge in [0.2, 0.25) is 0 Å².